The smallest absolute Gasteiger partial charge is 0.223 e. The van der Waals surface area contributed by atoms with Gasteiger partial charge in [0.25, 0.3) is 0 Å². The third kappa shape index (κ3) is 2.94. The lowest BCUT2D eigenvalue weighted by atomic mass is 10.1. The molecule has 4 heteroatoms. The maximum Gasteiger partial charge on any atom is 0.223 e. The number of anilines is 1. The largest absolute Gasteiger partial charge is 0.496 e. The molecule has 3 N–H and O–H groups in total. The second-order valence-corrected chi connectivity index (χ2v) is 4.92. The highest BCUT2D eigenvalue weighted by Gasteiger charge is 2.32. The van der Waals surface area contributed by atoms with Crippen molar-refractivity contribution in [2.24, 2.45) is 11.8 Å². The molecular weight excluding hydrogens is 228 g/mol. The van der Waals surface area contributed by atoms with Gasteiger partial charge in [-0.05, 0) is 37.0 Å². The van der Waals surface area contributed by atoms with Crippen LogP contribution in [0.2, 0.25) is 0 Å². The van der Waals surface area contributed by atoms with Gasteiger partial charge in [-0.15, -0.1) is 0 Å². The summed E-state index contributed by atoms with van der Waals surface area (Å²) >= 11 is 0. The lowest BCUT2D eigenvalue weighted by Crippen LogP contribution is -2.29. The fourth-order valence-corrected chi connectivity index (χ4v) is 2.09. The Morgan fingerprint density at radius 2 is 2.28 bits per heavy atom. The molecular formula is C14H20N2O2. The molecule has 1 amide bonds. The number of nitrogen functional groups attached to an aromatic ring is 1. The summed E-state index contributed by atoms with van der Waals surface area (Å²) in [5.41, 5.74) is 7.33. The van der Waals surface area contributed by atoms with Crippen molar-refractivity contribution in [3.63, 3.8) is 0 Å². The molecule has 18 heavy (non-hydrogen) atoms. The zero-order valence-corrected chi connectivity index (χ0v) is 10.9. The predicted octanol–water partition coefficient (Wildman–Crippen LogP) is 1.94. The molecule has 0 bridgehead atoms. The van der Waals surface area contributed by atoms with Crippen molar-refractivity contribution in [1.82, 2.24) is 5.32 Å². The van der Waals surface area contributed by atoms with Crippen LogP contribution in [-0.2, 0) is 11.3 Å². The minimum absolute atomic E-state index is 0.108. The monoisotopic (exact) mass is 248 g/mol. The zero-order chi connectivity index (χ0) is 13.1. The maximum absolute atomic E-state index is 11.9. The maximum atomic E-state index is 11.9. The minimum Gasteiger partial charge on any atom is -0.496 e. The van der Waals surface area contributed by atoms with E-state index in [1.54, 1.807) is 13.2 Å². The lowest BCUT2D eigenvalue weighted by molar-refractivity contribution is -0.125. The molecule has 1 aliphatic rings. The number of amides is 1. The fraction of sp³-hybridized carbons (Fsp3) is 0.500. The van der Waals surface area contributed by atoms with Crippen molar-refractivity contribution in [3.8, 4) is 5.75 Å². The van der Waals surface area contributed by atoms with Crippen LogP contribution in [0.25, 0.3) is 0 Å². The first-order chi connectivity index (χ1) is 8.61. The molecule has 0 radical (unpaired) electrons. The van der Waals surface area contributed by atoms with E-state index in [0.717, 1.165) is 11.3 Å². The Balaban J connectivity index is 1.96. The van der Waals surface area contributed by atoms with Gasteiger partial charge in [0.05, 0.1) is 7.11 Å². The van der Waals surface area contributed by atoms with Crippen molar-refractivity contribution >= 4 is 11.6 Å². The van der Waals surface area contributed by atoms with Crippen molar-refractivity contribution in [2.45, 2.75) is 26.3 Å². The molecule has 1 aliphatic carbocycles. The van der Waals surface area contributed by atoms with E-state index in [4.69, 9.17) is 10.5 Å². The SMILES string of the molecule is COc1ccc(N)cc1CNC(=O)C(C)C1CC1. The molecule has 1 saturated carbocycles. The minimum atomic E-state index is 0.108. The molecule has 4 nitrogen and oxygen atoms in total. The van der Waals surface area contributed by atoms with Gasteiger partial charge < -0.3 is 15.8 Å². The summed E-state index contributed by atoms with van der Waals surface area (Å²) in [6.07, 6.45) is 2.35. The number of methoxy groups -OCH3 is 1. The number of hydrogen-bond donors (Lipinski definition) is 2. The van der Waals surface area contributed by atoms with Crippen LogP contribution in [0.5, 0.6) is 5.75 Å². The number of carbonyl (C=O) groups is 1. The van der Waals surface area contributed by atoms with E-state index < -0.39 is 0 Å². The van der Waals surface area contributed by atoms with Crippen LogP contribution in [-0.4, -0.2) is 13.0 Å². The van der Waals surface area contributed by atoms with Gasteiger partial charge in [0.15, 0.2) is 0 Å². The van der Waals surface area contributed by atoms with Gasteiger partial charge in [0, 0.05) is 23.7 Å². The Morgan fingerprint density at radius 1 is 1.56 bits per heavy atom. The highest BCUT2D eigenvalue weighted by molar-refractivity contribution is 5.79. The molecule has 1 aromatic carbocycles. The number of nitrogens with one attached hydrogen (secondary N) is 1. The van der Waals surface area contributed by atoms with Gasteiger partial charge in [-0.25, -0.2) is 0 Å². The Hall–Kier alpha value is -1.71. The van der Waals surface area contributed by atoms with Crippen LogP contribution in [0, 0.1) is 11.8 Å². The fourth-order valence-electron chi connectivity index (χ4n) is 2.09. The van der Waals surface area contributed by atoms with Crippen LogP contribution in [0.15, 0.2) is 18.2 Å². The molecule has 0 aliphatic heterocycles. The van der Waals surface area contributed by atoms with Gasteiger partial charge in [0.1, 0.15) is 5.75 Å². The van der Waals surface area contributed by atoms with Crippen molar-refractivity contribution in [3.05, 3.63) is 23.8 Å². The summed E-state index contributed by atoms with van der Waals surface area (Å²) in [5.74, 6) is 1.55. The Morgan fingerprint density at radius 3 is 2.89 bits per heavy atom. The van der Waals surface area contributed by atoms with Gasteiger partial charge in [-0.3, -0.25) is 4.79 Å². The highest BCUT2D eigenvalue weighted by atomic mass is 16.5. The predicted molar refractivity (Wildman–Crippen MR) is 71.1 cm³/mol. The van der Waals surface area contributed by atoms with Crippen molar-refractivity contribution < 1.29 is 9.53 Å². The standard InChI is InChI=1S/C14H20N2O2/c1-9(10-3-4-10)14(17)16-8-11-7-12(15)5-6-13(11)18-2/h5-7,9-10H,3-4,8,15H2,1-2H3,(H,16,17). The molecule has 1 fully saturated rings. The van der Waals surface area contributed by atoms with E-state index in [-0.39, 0.29) is 11.8 Å². The third-order valence-electron chi connectivity index (χ3n) is 3.50. The van der Waals surface area contributed by atoms with E-state index in [0.29, 0.717) is 18.2 Å². The summed E-state index contributed by atoms with van der Waals surface area (Å²) in [5, 5.41) is 2.95. The number of benzene rings is 1. The quantitative estimate of drug-likeness (QED) is 0.783. The summed E-state index contributed by atoms with van der Waals surface area (Å²) in [7, 11) is 1.61. The summed E-state index contributed by atoms with van der Waals surface area (Å²) in [6, 6.07) is 5.44. The Bertz CT molecular complexity index is 441. The Kier molecular flexibility index (Phi) is 3.75. The highest BCUT2D eigenvalue weighted by Crippen LogP contribution is 2.36. The number of carbonyl (C=O) groups excluding carboxylic acids is 1. The van der Waals surface area contributed by atoms with Crippen molar-refractivity contribution in [1.29, 1.82) is 0 Å². The molecule has 1 unspecified atom stereocenters. The molecule has 0 heterocycles. The molecule has 0 saturated heterocycles. The van der Waals surface area contributed by atoms with E-state index in [2.05, 4.69) is 5.32 Å². The molecule has 0 aromatic heterocycles. The average molecular weight is 248 g/mol. The average Bonchev–Trinajstić information content (AvgIpc) is 3.19. The number of rotatable bonds is 5. The summed E-state index contributed by atoms with van der Waals surface area (Å²) < 4.78 is 5.25. The Labute approximate surface area is 108 Å². The molecule has 98 valence electrons. The van der Waals surface area contributed by atoms with Crippen LogP contribution in [0.3, 0.4) is 0 Å². The number of nitrogens with two attached hydrogens (primary N) is 1. The van der Waals surface area contributed by atoms with E-state index >= 15 is 0 Å². The van der Waals surface area contributed by atoms with Crippen molar-refractivity contribution in [2.75, 3.05) is 12.8 Å². The topological polar surface area (TPSA) is 64.3 Å². The first-order valence-corrected chi connectivity index (χ1v) is 6.32. The molecule has 1 atom stereocenters. The van der Waals surface area contributed by atoms with Gasteiger partial charge in [-0.2, -0.15) is 0 Å². The van der Waals surface area contributed by atoms with Crippen LogP contribution < -0.4 is 15.8 Å². The van der Waals surface area contributed by atoms with Gasteiger partial charge in [-0.1, -0.05) is 6.92 Å². The van der Waals surface area contributed by atoms with Crippen LogP contribution in [0.1, 0.15) is 25.3 Å². The van der Waals surface area contributed by atoms with E-state index in [9.17, 15) is 4.79 Å². The van der Waals surface area contributed by atoms with E-state index in [1.165, 1.54) is 12.8 Å². The second kappa shape index (κ2) is 5.29. The number of ether oxygens (including phenoxy) is 1. The first kappa shape index (κ1) is 12.7. The second-order valence-electron chi connectivity index (χ2n) is 4.92. The normalized spacial score (nSPS) is 16.1. The van der Waals surface area contributed by atoms with E-state index in [1.807, 2.05) is 19.1 Å². The van der Waals surface area contributed by atoms with Crippen LogP contribution in [0.4, 0.5) is 5.69 Å². The van der Waals surface area contributed by atoms with Gasteiger partial charge >= 0.3 is 0 Å². The summed E-state index contributed by atoms with van der Waals surface area (Å²) in [4.78, 5) is 11.9. The first-order valence-electron chi connectivity index (χ1n) is 6.32. The van der Waals surface area contributed by atoms with Gasteiger partial charge in [0.2, 0.25) is 5.91 Å². The molecule has 2 rings (SSSR count). The molecule has 1 aromatic rings. The van der Waals surface area contributed by atoms with Crippen LogP contribution >= 0.6 is 0 Å². The lowest BCUT2D eigenvalue weighted by Gasteiger charge is -2.13. The third-order valence-corrected chi connectivity index (χ3v) is 3.50. The zero-order valence-electron chi connectivity index (χ0n) is 10.9. The summed E-state index contributed by atoms with van der Waals surface area (Å²) in [6.45, 7) is 2.45. The molecule has 0 spiro atoms. The number of hydrogen-bond acceptors (Lipinski definition) is 3.